The minimum absolute atomic E-state index is 0.155. The molecular formula is C14H22FNO. The maximum Gasteiger partial charge on any atom is 0.127 e. The number of hydrogen-bond acceptors (Lipinski definition) is 2. The van der Waals surface area contributed by atoms with E-state index in [1.165, 1.54) is 6.07 Å². The van der Waals surface area contributed by atoms with Crippen LogP contribution in [-0.2, 0) is 6.54 Å². The Balaban J connectivity index is 2.49. The lowest BCUT2D eigenvalue weighted by Crippen LogP contribution is -2.36. The summed E-state index contributed by atoms with van der Waals surface area (Å²) >= 11 is 0. The Labute approximate surface area is 103 Å². The Kier molecular flexibility index (Phi) is 4.66. The fourth-order valence-corrected chi connectivity index (χ4v) is 1.49. The molecule has 0 saturated carbocycles. The van der Waals surface area contributed by atoms with E-state index in [9.17, 15) is 9.50 Å². The molecule has 0 spiro atoms. The lowest BCUT2D eigenvalue weighted by Gasteiger charge is -2.26. The zero-order valence-electron chi connectivity index (χ0n) is 11.0. The van der Waals surface area contributed by atoms with Crippen molar-refractivity contribution in [3.05, 3.63) is 35.1 Å². The highest BCUT2D eigenvalue weighted by atomic mass is 19.1. The van der Waals surface area contributed by atoms with Crippen molar-refractivity contribution >= 4 is 0 Å². The summed E-state index contributed by atoms with van der Waals surface area (Å²) in [7, 11) is 0. The largest absolute Gasteiger partial charge is 0.391 e. The highest BCUT2D eigenvalue weighted by Gasteiger charge is 2.21. The van der Waals surface area contributed by atoms with Crippen LogP contribution < -0.4 is 5.32 Å². The molecule has 0 aliphatic heterocycles. The molecule has 0 aliphatic carbocycles. The lowest BCUT2D eigenvalue weighted by molar-refractivity contribution is 0.0627. The van der Waals surface area contributed by atoms with Gasteiger partial charge >= 0.3 is 0 Å². The molecule has 0 aromatic heterocycles. The number of aliphatic hydroxyl groups excluding tert-OH is 1. The van der Waals surface area contributed by atoms with Crippen molar-refractivity contribution in [3.63, 3.8) is 0 Å². The molecule has 0 aliphatic rings. The third kappa shape index (κ3) is 4.44. The highest BCUT2D eigenvalue weighted by Crippen LogP contribution is 2.18. The van der Waals surface area contributed by atoms with Crippen molar-refractivity contribution in [2.24, 2.45) is 5.41 Å². The average Bonchev–Trinajstić information content (AvgIpc) is 2.21. The number of rotatable bonds is 4. The molecular weight excluding hydrogens is 217 g/mol. The van der Waals surface area contributed by atoms with Crippen molar-refractivity contribution in [2.75, 3.05) is 6.54 Å². The number of hydrogen-bond donors (Lipinski definition) is 2. The molecule has 0 amide bonds. The van der Waals surface area contributed by atoms with Crippen LogP contribution in [0, 0.1) is 18.2 Å². The van der Waals surface area contributed by atoms with E-state index in [-0.39, 0.29) is 11.2 Å². The second kappa shape index (κ2) is 5.61. The Morgan fingerprint density at radius 1 is 1.35 bits per heavy atom. The van der Waals surface area contributed by atoms with Gasteiger partial charge in [-0.25, -0.2) is 4.39 Å². The van der Waals surface area contributed by atoms with Crippen LogP contribution in [0.2, 0.25) is 0 Å². The Morgan fingerprint density at radius 3 is 2.59 bits per heavy atom. The quantitative estimate of drug-likeness (QED) is 0.846. The molecule has 1 aromatic rings. The van der Waals surface area contributed by atoms with E-state index in [1.807, 2.05) is 33.8 Å². The third-order valence-electron chi connectivity index (χ3n) is 2.85. The van der Waals surface area contributed by atoms with Crippen molar-refractivity contribution in [2.45, 2.75) is 40.3 Å². The molecule has 0 fully saturated rings. The summed E-state index contributed by atoms with van der Waals surface area (Å²) in [6.07, 6.45) is -0.435. The van der Waals surface area contributed by atoms with Crippen LogP contribution in [0.3, 0.4) is 0 Å². The van der Waals surface area contributed by atoms with Crippen LogP contribution in [0.5, 0.6) is 0 Å². The molecule has 17 heavy (non-hydrogen) atoms. The fourth-order valence-electron chi connectivity index (χ4n) is 1.49. The summed E-state index contributed by atoms with van der Waals surface area (Å²) in [5.41, 5.74) is 1.53. The van der Waals surface area contributed by atoms with E-state index in [0.29, 0.717) is 18.7 Å². The van der Waals surface area contributed by atoms with Gasteiger partial charge in [0, 0.05) is 18.7 Å². The normalized spacial score (nSPS) is 13.8. The molecule has 1 atom stereocenters. The second-order valence-electron chi connectivity index (χ2n) is 5.61. The van der Waals surface area contributed by atoms with E-state index in [1.54, 1.807) is 6.07 Å². The molecule has 0 radical (unpaired) electrons. The molecule has 3 heteroatoms. The number of nitrogens with one attached hydrogen (secondary N) is 1. The van der Waals surface area contributed by atoms with Gasteiger partial charge in [0.25, 0.3) is 0 Å². The molecule has 1 aromatic carbocycles. The standard InChI is InChI=1S/C14H22FNO/c1-10-5-6-12(15)11(7-10)8-16-9-13(17)14(2,3)4/h5-7,13,16-17H,8-9H2,1-4H3. The first-order chi connectivity index (χ1) is 7.80. The molecule has 0 heterocycles. The van der Waals surface area contributed by atoms with Gasteiger partial charge < -0.3 is 10.4 Å². The summed E-state index contributed by atoms with van der Waals surface area (Å²) in [6.45, 7) is 8.79. The number of aliphatic hydroxyl groups is 1. The Hall–Kier alpha value is -0.930. The van der Waals surface area contributed by atoms with E-state index in [4.69, 9.17) is 0 Å². The summed E-state index contributed by atoms with van der Waals surface area (Å²) in [4.78, 5) is 0. The van der Waals surface area contributed by atoms with Gasteiger partial charge in [0.15, 0.2) is 0 Å². The number of halogens is 1. The van der Waals surface area contributed by atoms with Gasteiger partial charge in [-0.1, -0.05) is 38.5 Å². The van der Waals surface area contributed by atoms with Crippen LogP contribution in [0.15, 0.2) is 18.2 Å². The minimum Gasteiger partial charge on any atom is -0.391 e. The van der Waals surface area contributed by atoms with Crippen LogP contribution in [-0.4, -0.2) is 17.8 Å². The van der Waals surface area contributed by atoms with Crippen LogP contribution in [0.4, 0.5) is 4.39 Å². The number of benzene rings is 1. The van der Waals surface area contributed by atoms with Crippen molar-refractivity contribution in [1.82, 2.24) is 5.32 Å². The van der Waals surface area contributed by atoms with E-state index in [0.717, 1.165) is 5.56 Å². The van der Waals surface area contributed by atoms with Crippen molar-refractivity contribution in [3.8, 4) is 0 Å². The number of aryl methyl sites for hydroxylation is 1. The topological polar surface area (TPSA) is 32.3 Å². The molecule has 96 valence electrons. The maximum absolute atomic E-state index is 13.4. The first kappa shape index (κ1) is 14.1. The average molecular weight is 239 g/mol. The summed E-state index contributed by atoms with van der Waals surface area (Å²) in [5.74, 6) is -0.201. The first-order valence-electron chi connectivity index (χ1n) is 5.94. The highest BCUT2D eigenvalue weighted by molar-refractivity contribution is 5.23. The summed E-state index contributed by atoms with van der Waals surface area (Å²) in [6, 6.07) is 5.06. The van der Waals surface area contributed by atoms with Gasteiger partial charge in [0.05, 0.1) is 6.10 Å². The molecule has 2 nitrogen and oxygen atoms in total. The van der Waals surface area contributed by atoms with Gasteiger partial charge in [-0.3, -0.25) is 0 Å². The molecule has 1 unspecified atom stereocenters. The molecule has 2 N–H and O–H groups in total. The Bertz CT molecular complexity index is 371. The Morgan fingerprint density at radius 2 is 2.00 bits per heavy atom. The SMILES string of the molecule is Cc1ccc(F)c(CNCC(O)C(C)(C)C)c1. The second-order valence-corrected chi connectivity index (χ2v) is 5.61. The zero-order chi connectivity index (χ0) is 13.1. The van der Waals surface area contributed by atoms with Crippen LogP contribution in [0.25, 0.3) is 0 Å². The third-order valence-corrected chi connectivity index (χ3v) is 2.85. The smallest absolute Gasteiger partial charge is 0.127 e. The van der Waals surface area contributed by atoms with E-state index < -0.39 is 6.10 Å². The summed E-state index contributed by atoms with van der Waals surface area (Å²) < 4.78 is 13.4. The first-order valence-corrected chi connectivity index (χ1v) is 5.94. The maximum atomic E-state index is 13.4. The molecule has 0 saturated heterocycles. The van der Waals surface area contributed by atoms with E-state index >= 15 is 0 Å². The monoisotopic (exact) mass is 239 g/mol. The van der Waals surface area contributed by atoms with Crippen LogP contribution >= 0.6 is 0 Å². The lowest BCUT2D eigenvalue weighted by atomic mass is 9.89. The fraction of sp³-hybridized carbons (Fsp3) is 0.571. The van der Waals surface area contributed by atoms with Crippen molar-refractivity contribution < 1.29 is 9.50 Å². The van der Waals surface area contributed by atoms with Gasteiger partial charge in [-0.2, -0.15) is 0 Å². The molecule has 0 bridgehead atoms. The van der Waals surface area contributed by atoms with Gasteiger partial charge in [0.2, 0.25) is 0 Å². The van der Waals surface area contributed by atoms with Gasteiger partial charge in [0.1, 0.15) is 5.82 Å². The van der Waals surface area contributed by atoms with Gasteiger partial charge in [-0.15, -0.1) is 0 Å². The van der Waals surface area contributed by atoms with Crippen LogP contribution in [0.1, 0.15) is 31.9 Å². The van der Waals surface area contributed by atoms with Crippen molar-refractivity contribution in [1.29, 1.82) is 0 Å². The predicted molar refractivity (Wildman–Crippen MR) is 68.3 cm³/mol. The minimum atomic E-state index is -0.435. The predicted octanol–water partition coefficient (Wildman–Crippen LogP) is 2.63. The zero-order valence-corrected chi connectivity index (χ0v) is 11.0. The van der Waals surface area contributed by atoms with E-state index in [2.05, 4.69) is 5.32 Å². The summed E-state index contributed by atoms with van der Waals surface area (Å²) in [5, 5.41) is 12.9. The van der Waals surface area contributed by atoms with Gasteiger partial charge in [-0.05, 0) is 18.4 Å². The molecule has 1 rings (SSSR count).